The highest BCUT2D eigenvalue weighted by atomic mass is 16.5. The average Bonchev–Trinajstić information content (AvgIpc) is 2.72. The summed E-state index contributed by atoms with van der Waals surface area (Å²) in [6.45, 7) is 6.71. The minimum absolute atomic E-state index is 0.209. The molecule has 0 aliphatic carbocycles. The second-order valence-electron chi connectivity index (χ2n) is 6.84. The van der Waals surface area contributed by atoms with Crippen LogP contribution in [0.15, 0.2) is 53.5 Å². The van der Waals surface area contributed by atoms with Crippen molar-refractivity contribution in [1.29, 1.82) is 0 Å². The summed E-state index contributed by atoms with van der Waals surface area (Å²) in [4.78, 5) is 28.4. The molecule has 0 aliphatic rings. The molecule has 0 saturated heterocycles. The molecule has 29 heavy (non-hydrogen) atoms. The predicted octanol–water partition coefficient (Wildman–Crippen LogP) is 3.39. The molecule has 0 atom stereocenters. The normalized spacial score (nSPS) is 10.6. The number of carbonyl (C=O) groups is 1. The standard InChI is InChI=1S/C22H24N4O3/c1-4-11-26-21(27)10-8-18(25-26)22(28)24-14-17-7-9-20(23-13-17)29-19-12-15(2)5-6-16(19)3/h5-10,12-13H,4,11,14H2,1-3H3,(H,24,28). The third-order valence-electron chi connectivity index (χ3n) is 4.34. The van der Waals surface area contributed by atoms with Crippen molar-refractivity contribution in [3.63, 3.8) is 0 Å². The lowest BCUT2D eigenvalue weighted by Crippen LogP contribution is -2.29. The molecule has 7 nitrogen and oxygen atoms in total. The molecule has 0 bridgehead atoms. The Balaban J connectivity index is 1.61. The van der Waals surface area contributed by atoms with Crippen LogP contribution in [0.5, 0.6) is 11.6 Å². The van der Waals surface area contributed by atoms with Gasteiger partial charge in [0.25, 0.3) is 11.5 Å². The number of hydrogen-bond donors (Lipinski definition) is 1. The summed E-state index contributed by atoms with van der Waals surface area (Å²) in [6, 6.07) is 12.4. The van der Waals surface area contributed by atoms with Gasteiger partial charge in [-0.25, -0.2) is 9.67 Å². The summed E-state index contributed by atoms with van der Waals surface area (Å²) in [5, 5.41) is 6.90. The van der Waals surface area contributed by atoms with Gasteiger partial charge in [0.1, 0.15) is 11.4 Å². The number of ether oxygens (including phenoxy) is 1. The van der Waals surface area contributed by atoms with E-state index in [1.807, 2.05) is 45.0 Å². The maximum Gasteiger partial charge on any atom is 0.271 e. The van der Waals surface area contributed by atoms with Crippen molar-refractivity contribution < 1.29 is 9.53 Å². The largest absolute Gasteiger partial charge is 0.439 e. The monoisotopic (exact) mass is 392 g/mol. The average molecular weight is 392 g/mol. The Kier molecular flexibility index (Phi) is 6.39. The quantitative estimate of drug-likeness (QED) is 0.666. The fraction of sp³-hybridized carbons (Fsp3) is 0.273. The third-order valence-corrected chi connectivity index (χ3v) is 4.34. The minimum Gasteiger partial charge on any atom is -0.439 e. The van der Waals surface area contributed by atoms with Crippen LogP contribution in [0.4, 0.5) is 0 Å². The van der Waals surface area contributed by atoms with E-state index in [2.05, 4.69) is 15.4 Å². The van der Waals surface area contributed by atoms with Crippen LogP contribution in [-0.2, 0) is 13.1 Å². The molecule has 0 fully saturated rings. The van der Waals surface area contributed by atoms with Crippen molar-refractivity contribution in [3.05, 3.63) is 81.4 Å². The second-order valence-corrected chi connectivity index (χ2v) is 6.84. The number of nitrogens with zero attached hydrogens (tertiary/aromatic N) is 3. The summed E-state index contributed by atoms with van der Waals surface area (Å²) in [5.41, 5.74) is 2.97. The van der Waals surface area contributed by atoms with Crippen LogP contribution >= 0.6 is 0 Å². The number of benzene rings is 1. The van der Waals surface area contributed by atoms with E-state index in [1.54, 1.807) is 12.3 Å². The van der Waals surface area contributed by atoms with E-state index in [-0.39, 0.29) is 17.2 Å². The molecule has 3 aromatic rings. The van der Waals surface area contributed by atoms with E-state index >= 15 is 0 Å². The van der Waals surface area contributed by atoms with E-state index in [0.29, 0.717) is 19.0 Å². The molecule has 7 heteroatoms. The molecule has 1 N–H and O–H groups in total. The zero-order valence-electron chi connectivity index (χ0n) is 16.8. The third kappa shape index (κ3) is 5.28. The molecule has 1 aromatic carbocycles. The lowest BCUT2D eigenvalue weighted by atomic mass is 10.1. The van der Waals surface area contributed by atoms with Gasteiger partial charge in [0.05, 0.1) is 0 Å². The van der Waals surface area contributed by atoms with E-state index in [1.165, 1.54) is 16.8 Å². The Morgan fingerprint density at radius 2 is 1.97 bits per heavy atom. The fourth-order valence-electron chi connectivity index (χ4n) is 2.72. The van der Waals surface area contributed by atoms with E-state index in [4.69, 9.17) is 4.74 Å². The van der Waals surface area contributed by atoms with Crippen LogP contribution in [0.25, 0.3) is 0 Å². The van der Waals surface area contributed by atoms with Gasteiger partial charge in [0, 0.05) is 31.4 Å². The molecular weight excluding hydrogens is 368 g/mol. The number of nitrogens with one attached hydrogen (secondary N) is 1. The van der Waals surface area contributed by atoms with Crippen LogP contribution in [0, 0.1) is 13.8 Å². The van der Waals surface area contributed by atoms with Crippen LogP contribution in [-0.4, -0.2) is 20.7 Å². The first-order valence-electron chi connectivity index (χ1n) is 9.52. The number of carbonyl (C=O) groups excluding carboxylic acids is 1. The van der Waals surface area contributed by atoms with E-state index in [9.17, 15) is 9.59 Å². The Bertz CT molecular complexity index is 1060. The molecular formula is C22H24N4O3. The molecule has 0 unspecified atom stereocenters. The topological polar surface area (TPSA) is 86.1 Å². The van der Waals surface area contributed by atoms with Crippen LogP contribution < -0.4 is 15.6 Å². The van der Waals surface area contributed by atoms with Crippen molar-refractivity contribution in [3.8, 4) is 11.6 Å². The molecule has 150 valence electrons. The predicted molar refractivity (Wildman–Crippen MR) is 110 cm³/mol. The van der Waals surface area contributed by atoms with Crippen LogP contribution in [0.1, 0.15) is 40.5 Å². The number of aromatic nitrogens is 3. The lowest BCUT2D eigenvalue weighted by Gasteiger charge is -2.10. The Morgan fingerprint density at radius 3 is 2.69 bits per heavy atom. The van der Waals surface area contributed by atoms with Gasteiger partial charge in [-0.1, -0.05) is 25.1 Å². The first-order valence-corrected chi connectivity index (χ1v) is 9.52. The van der Waals surface area contributed by atoms with Crippen molar-refractivity contribution in [2.75, 3.05) is 0 Å². The smallest absolute Gasteiger partial charge is 0.271 e. The van der Waals surface area contributed by atoms with Gasteiger partial charge in [-0.2, -0.15) is 5.10 Å². The summed E-state index contributed by atoms with van der Waals surface area (Å²) in [7, 11) is 0. The first kappa shape index (κ1) is 20.3. The summed E-state index contributed by atoms with van der Waals surface area (Å²) in [6.07, 6.45) is 2.42. The van der Waals surface area contributed by atoms with Crippen molar-refractivity contribution in [1.82, 2.24) is 20.1 Å². The SMILES string of the molecule is CCCn1nc(C(=O)NCc2ccc(Oc3cc(C)ccc3C)nc2)ccc1=O. The molecule has 0 saturated carbocycles. The Morgan fingerprint density at radius 1 is 1.14 bits per heavy atom. The van der Waals surface area contributed by atoms with Gasteiger partial charge < -0.3 is 10.1 Å². The van der Waals surface area contributed by atoms with Gasteiger partial charge in [0.2, 0.25) is 5.88 Å². The lowest BCUT2D eigenvalue weighted by molar-refractivity contribution is 0.0943. The number of hydrogen-bond acceptors (Lipinski definition) is 5. The fourth-order valence-corrected chi connectivity index (χ4v) is 2.72. The second kappa shape index (κ2) is 9.14. The van der Waals surface area contributed by atoms with Gasteiger partial charge in [-0.05, 0) is 49.1 Å². The number of aryl methyl sites for hydroxylation is 3. The summed E-state index contributed by atoms with van der Waals surface area (Å²) >= 11 is 0. The van der Waals surface area contributed by atoms with E-state index in [0.717, 1.165) is 28.9 Å². The first-order chi connectivity index (χ1) is 14.0. The highest BCUT2D eigenvalue weighted by Crippen LogP contribution is 2.24. The van der Waals surface area contributed by atoms with Crippen LogP contribution in [0.3, 0.4) is 0 Å². The van der Waals surface area contributed by atoms with Crippen molar-refractivity contribution >= 4 is 5.91 Å². The Hall–Kier alpha value is -3.48. The maximum absolute atomic E-state index is 12.3. The summed E-state index contributed by atoms with van der Waals surface area (Å²) < 4.78 is 7.15. The molecule has 0 aliphatic heterocycles. The van der Waals surface area contributed by atoms with E-state index < -0.39 is 0 Å². The van der Waals surface area contributed by atoms with Gasteiger partial charge >= 0.3 is 0 Å². The number of amides is 1. The van der Waals surface area contributed by atoms with Crippen LogP contribution in [0.2, 0.25) is 0 Å². The van der Waals surface area contributed by atoms with Gasteiger partial charge in [0.15, 0.2) is 0 Å². The van der Waals surface area contributed by atoms with Gasteiger partial charge in [-0.3, -0.25) is 9.59 Å². The highest BCUT2D eigenvalue weighted by molar-refractivity contribution is 5.91. The highest BCUT2D eigenvalue weighted by Gasteiger charge is 2.10. The number of rotatable bonds is 7. The molecule has 0 radical (unpaired) electrons. The van der Waals surface area contributed by atoms with Crippen molar-refractivity contribution in [2.24, 2.45) is 0 Å². The van der Waals surface area contributed by atoms with Crippen molar-refractivity contribution in [2.45, 2.75) is 40.3 Å². The Labute approximate surface area is 169 Å². The van der Waals surface area contributed by atoms with Gasteiger partial charge in [-0.15, -0.1) is 0 Å². The molecule has 1 amide bonds. The maximum atomic E-state index is 12.3. The summed E-state index contributed by atoms with van der Waals surface area (Å²) in [5.74, 6) is 0.916. The zero-order valence-corrected chi connectivity index (χ0v) is 16.8. The molecule has 0 spiro atoms. The molecule has 3 rings (SSSR count). The molecule has 2 aromatic heterocycles. The minimum atomic E-state index is -0.342. The zero-order chi connectivity index (χ0) is 20.8. The molecule has 2 heterocycles. The number of pyridine rings is 1.